The van der Waals surface area contributed by atoms with Crippen LogP contribution in [0.3, 0.4) is 0 Å². The lowest BCUT2D eigenvalue weighted by Gasteiger charge is -2.29. The molecule has 1 saturated heterocycles. The van der Waals surface area contributed by atoms with Crippen molar-refractivity contribution < 1.29 is 19.1 Å². The number of benzene rings is 2. The van der Waals surface area contributed by atoms with Gasteiger partial charge in [0.2, 0.25) is 5.91 Å². The number of amides is 2. The number of methoxy groups -OCH3 is 2. The maximum Gasteiger partial charge on any atom is 0.260 e. The van der Waals surface area contributed by atoms with Gasteiger partial charge in [-0.25, -0.2) is 0 Å². The highest BCUT2D eigenvalue weighted by Gasteiger charge is 2.58. The first kappa shape index (κ1) is 20.6. The highest BCUT2D eigenvalue weighted by atomic mass is 32.2. The number of thioether (sulfide) groups is 1. The minimum atomic E-state index is -0.589. The van der Waals surface area contributed by atoms with E-state index >= 15 is 0 Å². The molecule has 1 unspecified atom stereocenters. The van der Waals surface area contributed by atoms with Crippen molar-refractivity contribution in [1.82, 2.24) is 10.2 Å². The Morgan fingerprint density at radius 1 is 1.13 bits per heavy atom. The van der Waals surface area contributed by atoms with E-state index in [1.807, 2.05) is 57.2 Å². The number of hydrogen-bond acceptors (Lipinski definition) is 5. The molecule has 2 aromatic rings. The lowest BCUT2D eigenvalue weighted by molar-refractivity contribution is -0.126. The molecule has 0 saturated carbocycles. The molecule has 2 heterocycles. The number of rotatable bonds is 5. The van der Waals surface area contributed by atoms with E-state index in [1.165, 1.54) is 12.7 Å². The van der Waals surface area contributed by atoms with Crippen LogP contribution in [0.1, 0.15) is 46.3 Å². The smallest absolute Gasteiger partial charge is 0.260 e. The average molecular weight is 427 g/mol. The fraction of sp³-hybridized carbons (Fsp3) is 0.391. The van der Waals surface area contributed by atoms with E-state index in [2.05, 4.69) is 5.32 Å². The van der Waals surface area contributed by atoms with E-state index < -0.39 is 10.8 Å². The van der Waals surface area contributed by atoms with Crippen LogP contribution in [-0.4, -0.2) is 41.7 Å². The standard InChI is InChI=1S/C23H26N2O4S/c1-13-6-8-14(9-7-13)12-24-20(26)19-23(2,3)30-22-15-10-11-16(28-4)18(29-5)17(15)21(27)25(19)22/h6-11,19,22H,12H2,1-5H3,(H,24,26)/t19-,22?/m1/s1. The molecule has 0 aliphatic carbocycles. The third-order valence-electron chi connectivity index (χ3n) is 5.73. The van der Waals surface area contributed by atoms with Gasteiger partial charge in [-0.05, 0) is 32.4 Å². The van der Waals surface area contributed by atoms with Crippen LogP contribution in [-0.2, 0) is 11.3 Å². The van der Waals surface area contributed by atoms with E-state index in [-0.39, 0.29) is 17.2 Å². The maximum atomic E-state index is 13.4. The number of fused-ring (bicyclic) bond motifs is 3. The molecule has 0 radical (unpaired) electrons. The first-order valence-electron chi connectivity index (χ1n) is 9.87. The molecule has 1 fully saturated rings. The Morgan fingerprint density at radius 2 is 1.83 bits per heavy atom. The van der Waals surface area contributed by atoms with Crippen molar-refractivity contribution in [3.63, 3.8) is 0 Å². The van der Waals surface area contributed by atoms with E-state index in [9.17, 15) is 9.59 Å². The van der Waals surface area contributed by atoms with Gasteiger partial charge in [-0.3, -0.25) is 9.59 Å². The van der Waals surface area contributed by atoms with Gasteiger partial charge in [0.1, 0.15) is 11.4 Å². The predicted molar refractivity (Wildman–Crippen MR) is 117 cm³/mol. The Hall–Kier alpha value is -2.67. The van der Waals surface area contributed by atoms with Crippen LogP contribution in [0.15, 0.2) is 36.4 Å². The van der Waals surface area contributed by atoms with Crippen molar-refractivity contribution in [3.8, 4) is 11.5 Å². The molecule has 0 aromatic heterocycles. The summed E-state index contributed by atoms with van der Waals surface area (Å²) in [5, 5.41) is 2.80. The topological polar surface area (TPSA) is 67.9 Å². The van der Waals surface area contributed by atoms with E-state index in [0.29, 0.717) is 23.6 Å². The van der Waals surface area contributed by atoms with Crippen LogP contribution < -0.4 is 14.8 Å². The summed E-state index contributed by atoms with van der Waals surface area (Å²) in [6.07, 6.45) is 0. The molecule has 2 atom stereocenters. The molecule has 2 aliphatic heterocycles. The van der Waals surface area contributed by atoms with Crippen LogP contribution in [0, 0.1) is 6.92 Å². The number of nitrogens with one attached hydrogen (secondary N) is 1. The van der Waals surface area contributed by atoms with Crippen LogP contribution in [0.5, 0.6) is 11.5 Å². The molecule has 158 valence electrons. The second kappa shape index (κ2) is 7.54. The monoisotopic (exact) mass is 426 g/mol. The minimum Gasteiger partial charge on any atom is -0.493 e. The lowest BCUT2D eigenvalue weighted by atomic mass is 10.0. The summed E-state index contributed by atoms with van der Waals surface area (Å²) in [5.41, 5.74) is 3.55. The van der Waals surface area contributed by atoms with Gasteiger partial charge in [-0.15, -0.1) is 11.8 Å². The third-order valence-corrected chi connectivity index (χ3v) is 7.27. The fourth-order valence-electron chi connectivity index (χ4n) is 4.25. The van der Waals surface area contributed by atoms with Crippen molar-refractivity contribution in [2.75, 3.05) is 14.2 Å². The van der Waals surface area contributed by atoms with Gasteiger partial charge < -0.3 is 19.7 Å². The van der Waals surface area contributed by atoms with E-state index in [4.69, 9.17) is 9.47 Å². The number of carbonyl (C=O) groups excluding carboxylic acids is 2. The number of nitrogens with zero attached hydrogens (tertiary/aromatic N) is 1. The molecule has 1 N–H and O–H groups in total. The molecule has 2 aliphatic rings. The second-order valence-electron chi connectivity index (χ2n) is 8.16. The Balaban J connectivity index is 1.63. The van der Waals surface area contributed by atoms with Crippen molar-refractivity contribution in [2.24, 2.45) is 0 Å². The summed E-state index contributed by atoms with van der Waals surface area (Å²) >= 11 is 1.63. The average Bonchev–Trinajstić information content (AvgIpc) is 3.15. The summed E-state index contributed by atoms with van der Waals surface area (Å²) < 4.78 is 10.4. The zero-order chi connectivity index (χ0) is 21.6. The number of ether oxygens (including phenoxy) is 2. The first-order chi connectivity index (χ1) is 14.3. The SMILES string of the molecule is COc1ccc2c(c1OC)C(=O)N1C2SC(C)(C)[C@H]1C(=O)NCc1ccc(C)cc1. The van der Waals surface area contributed by atoms with Gasteiger partial charge in [0.05, 0.1) is 19.8 Å². The molecule has 0 bridgehead atoms. The quantitative estimate of drug-likeness (QED) is 0.790. The largest absolute Gasteiger partial charge is 0.493 e. The van der Waals surface area contributed by atoms with Gasteiger partial charge in [-0.1, -0.05) is 35.9 Å². The Bertz CT molecular complexity index is 1000. The van der Waals surface area contributed by atoms with Crippen molar-refractivity contribution in [3.05, 3.63) is 58.7 Å². The highest BCUT2D eigenvalue weighted by molar-refractivity contribution is 8.01. The maximum absolute atomic E-state index is 13.4. The molecule has 7 heteroatoms. The lowest BCUT2D eigenvalue weighted by Crippen LogP contribution is -2.52. The third kappa shape index (κ3) is 3.21. The Morgan fingerprint density at radius 3 is 2.47 bits per heavy atom. The molecular formula is C23H26N2O4S. The Kier molecular flexibility index (Phi) is 5.18. The van der Waals surface area contributed by atoms with E-state index in [0.717, 1.165) is 11.1 Å². The zero-order valence-corrected chi connectivity index (χ0v) is 18.6. The number of carbonyl (C=O) groups is 2. The van der Waals surface area contributed by atoms with Crippen LogP contribution >= 0.6 is 11.8 Å². The molecule has 2 amide bonds. The van der Waals surface area contributed by atoms with Crippen molar-refractivity contribution in [1.29, 1.82) is 0 Å². The first-order valence-corrected chi connectivity index (χ1v) is 10.7. The molecule has 4 rings (SSSR count). The molecule has 30 heavy (non-hydrogen) atoms. The summed E-state index contributed by atoms with van der Waals surface area (Å²) in [7, 11) is 3.07. The molecule has 6 nitrogen and oxygen atoms in total. The molecular weight excluding hydrogens is 400 g/mol. The second-order valence-corrected chi connectivity index (χ2v) is 9.89. The summed E-state index contributed by atoms with van der Waals surface area (Å²) in [6, 6.07) is 11.2. The minimum absolute atomic E-state index is 0.150. The van der Waals surface area contributed by atoms with Gasteiger partial charge >= 0.3 is 0 Å². The summed E-state index contributed by atoms with van der Waals surface area (Å²) in [4.78, 5) is 28.4. The van der Waals surface area contributed by atoms with Gasteiger partial charge in [-0.2, -0.15) is 0 Å². The van der Waals surface area contributed by atoms with Gasteiger partial charge in [0, 0.05) is 16.9 Å². The Labute approximate surface area is 180 Å². The summed E-state index contributed by atoms with van der Waals surface area (Å²) in [6.45, 7) is 6.48. The predicted octanol–water partition coefficient (Wildman–Crippen LogP) is 3.68. The zero-order valence-electron chi connectivity index (χ0n) is 17.8. The highest BCUT2D eigenvalue weighted by Crippen LogP contribution is 2.58. The number of hydrogen-bond donors (Lipinski definition) is 1. The van der Waals surface area contributed by atoms with Gasteiger partial charge in [0.15, 0.2) is 11.5 Å². The van der Waals surface area contributed by atoms with Crippen molar-refractivity contribution in [2.45, 2.75) is 43.5 Å². The summed E-state index contributed by atoms with van der Waals surface area (Å²) in [5.74, 6) is 0.587. The van der Waals surface area contributed by atoms with Gasteiger partial charge in [0.25, 0.3) is 5.91 Å². The molecule has 2 aromatic carbocycles. The van der Waals surface area contributed by atoms with E-state index in [1.54, 1.807) is 23.8 Å². The normalized spacial score (nSPS) is 21.2. The van der Waals surface area contributed by atoms with Crippen LogP contribution in [0.4, 0.5) is 0 Å². The number of aryl methyl sites for hydroxylation is 1. The van der Waals surface area contributed by atoms with Crippen molar-refractivity contribution >= 4 is 23.6 Å². The van der Waals surface area contributed by atoms with Crippen LogP contribution in [0.25, 0.3) is 0 Å². The molecule has 0 spiro atoms. The fourth-order valence-corrected chi connectivity index (χ4v) is 5.83. The van der Waals surface area contributed by atoms with Crippen LogP contribution in [0.2, 0.25) is 0 Å².